The Balaban J connectivity index is -0.0000000267. The van der Waals surface area contributed by atoms with Crippen LogP contribution in [0.2, 0.25) is 0 Å². The minimum atomic E-state index is -3.81. The van der Waals surface area contributed by atoms with Crippen molar-refractivity contribution in [3.8, 4) is 0 Å². The number of hydrogen-bond acceptors (Lipinski definition) is 2. The Bertz CT molecular complexity index is 139. The average molecular weight is 316 g/mol. The van der Waals surface area contributed by atoms with E-state index in [1.165, 1.54) is 0 Å². The molecule has 0 aliphatic carbocycles. The van der Waals surface area contributed by atoms with Gasteiger partial charge in [0, 0.05) is 17.1 Å². The fraction of sp³-hybridized carbons (Fsp3) is 1.00. The van der Waals surface area contributed by atoms with Crippen molar-refractivity contribution in [1.82, 2.24) is 0 Å². The first-order valence-corrected chi connectivity index (χ1v) is 6.89. The summed E-state index contributed by atoms with van der Waals surface area (Å²) in [6.45, 7) is -7.61. The van der Waals surface area contributed by atoms with Gasteiger partial charge in [-0.25, -0.2) is 0 Å². The van der Waals surface area contributed by atoms with E-state index >= 15 is 0 Å². The Morgan fingerprint density at radius 1 is 0.615 bits per heavy atom. The molecule has 0 heterocycles. The fourth-order valence-corrected chi connectivity index (χ4v) is 0. The van der Waals surface area contributed by atoms with E-state index in [-0.39, 0.29) is 31.9 Å². The molecule has 0 atom stereocenters. The Kier molecular flexibility index (Phi) is 26.3. The molecule has 0 fully saturated rings. The molecule has 0 saturated heterocycles. The first-order valence-electron chi connectivity index (χ1n) is 1.57. The summed E-state index contributed by atoms with van der Waals surface area (Å²) in [5.74, 6) is 0. The van der Waals surface area contributed by atoms with Crippen LogP contribution in [0.5, 0.6) is 0 Å². The third kappa shape index (κ3) is 730. The van der Waals surface area contributed by atoms with Gasteiger partial charge in [-0.3, -0.25) is 0 Å². The van der Waals surface area contributed by atoms with Crippen LogP contribution in [0.3, 0.4) is 0 Å². The van der Waals surface area contributed by atoms with Crippen LogP contribution in [-0.4, -0.2) is 29.4 Å². The third-order valence-electron chi connectivity index (χ3n) is 0. The van der Waals surface area contributed by atoms with E-state index in [1.807, 2.05) is 0 Å². The van der Waals surface area contributed by atoms with Crippen LogP contribution in [0, 0.1) is 0 Å². The standard InChI is InChI=1S/2CH4.Fe.2H3O3PS/c;;;2*1-4(2,3)5/h2*1H4;;2*(H3,1,2,3,5). The van der Waals surface area contributed by atoms with Crippen LogP contribution in [0.15, 0.2) is 0 Å². The van der Waals surface area contributed by atoms with E-state index in [1.54, 1.807) is 0 Å². The molecule has 0 aromatic rings. The fourth-order valence-electron chi connectivity index (χ4n) is 0. The number of hydrogen-bond donors (Lipinski definition) is 6. The van der Waals surface area contributed by atoms with Crippen LogP contribution < -0.4 is 0 Å². The molecule has 0 aliphatic rings. The molecule has 11 heteroatoms. The SMILES string of the molecule is C.C.OP(O)(O)=S.OP(O)(O)=S.[Fe]. The van der Waals surface area contributed by atoms with Crippen molar-refractivity contribution in [2.45, 2.75) is 14.9 Å². The van der Waals surface area contributed by atoms with Crippen LogP contribution in [0.1, 0.15) is 14.9 Å². The van der Waals surface area contributed by atoms with Gasteiger partial charge in [0.25, 0.3) is 0 Å². The Morgan fingerprint density at radius 2 is 0.615 bits per heavy atom. The average Bonchev–Trinajstić information content (AvgIpc) is 1.12. The molecular formula is C2H14FeO6P2S2. The summed E-state index contributed by atoms with van der Waals surface area (Å²) in [7, 11) is 0. The Labute approximate surface area is 98.2 Å². The van der Waals surface area contributed by atoms with E-state index in [0.717, 1.165) is 0 Å². The Morgan fingerprint density at radius 3 is 0.615 bits per heavy atom. The molecule has 0 bridgehead atoms. The van der Waals surface area contributed by atoms with Gasteiger partial charge < -0.3 is 29.4 Å². The van der Waals surface area contributed by atoms with Gasteiger partial charge in [-0.15, -0.1) is 0 Å². The predicted molar refractivity (Wildman–Crippen MR) is 55.3 cm³/mol. The zero-order valence-corrected chi connectivity index (χ0v) is 9.27. The van der Waals surface area contributed by atoms with Gasteiger partial charge in [-0.1, -0.05) is 14.9 Å². The van der Waals surface area contributed by atoms with Crippen molar-refractivity contribution in [1.29, 1.82) is 0 Å². The zero-order chi connectivity index (χ0) is 9.00. The summed E-state index contributed by atoms with van der Waals surface area (Å²) in [6.07, 6.45) is 0. The molecule has 88 valence electrons. The molecule has 0 saturated carbocycles. The van der Waals surface area contributed by atoms with Crippen LogP contribution in [-0.2, 0) is 40.7 Å². The molecule has 0 aliphatic heterocycles. The maximum absolute atomic E-state index is 7.56. The molecule has 0 unspecified atom stereocenters. The summed E-state index contributed by atoms with van der Waals surface area (Å²) in [5, 5.41) is 0. The summed E-state index contributed by atoms with van der Waals surface area (Å²) in [5.41, 5.74) is 0. The summed E-state index contributed by atoms with van der Waals surface area (Å²) in [6, 6.07) is 0. The van der Waals surface area contributed by atoms with Gasteiger partial charge >= 0.3 is 13.4 Å². The third-order valence-corrected chi connectivity index (χ3v) is 0. The van der Waals surface area contributed by atoms with Gasteiger partial charge in [-0.05, 0) is 23.6 Å². The van der Waals surface area contributed by atoms with Crippen LogP contribution >= 0.6 is 13.4 Å². The topological polar surface area (TPSA) is 121 Å². The molecule has 0 radical (unpaired) electrons. The van der Waals surface area contributed by atoms with Gasteiger partial charge in [0.15, 0.2) is 0 Å². The minimum absolute atomic E-state index is 0. The minimum Gasteiger partial charge on any atom is -0.325 e. The maximum atomic E-state index is 7.56. The second-order valence-electron chi connectivity index (χ2n) is 1.03. The van der Waals surface area contributed by atoms with E-state index < -0.39 is 13.4 Å². The molecule has 0 aromatic carbocycles. The van der Waals surface area contributed by atoms with Gasteiger partial charge in [0.05, 0.1) is 0 Å². The summed E-state index contributed by atoms with van der Waals surface area (Å²) < 4.78 is 0. The zero-order valence-electron chi connectivity index (χ0n) is 4.75. The quantitative estimate of drug-likeness (QED) is 0.265. The molecule has 6 nitrogen and oxygen atoms in total. The van der Waals surface area contributed by atoms with Crippen molar-refractivity contribution < 1.29 is 46.4 Å². The van der Waals surface area contributed by atoms with E-state index in [0.29, 0.717) is 0 Å². The smallest absolute Gasteiger partial charge is 0.319 e. The van der Waals surface area contributed by atoms with Gasteiger partial charge in [0.2, 0.25) is 0 Å². The van der Waals surface area contributed by atoms with Crippen molar-refractivity contribution in [3.63, 3.8) is 0 Å². The van der Waals surface area contributed by atoms with Crippen molar-refractivity contribution in [2.24, 2.45) is 0 Å². The first-order chi connectivity index (χ1) is 4.00. The van der Waals surface area contributed by atoms with Crippen LogP contribution in [0.25, 0.3) is 0 Å². The summed E-state index contributed by atoms with van der Waals surface area (Å²) in [4.78, 5) is 45.3. The van der Waals surface area contributed by atoms with Gasteiger partial charge in [0.1, 0.15) is 0 Å². The van der Waals surface area contributed by atoms with Crippen molar-refractivity contribution >= 4 is 37.1 Å². The molecule has 0 amide bonds. The summed E-state index contributed by atoms with van der Waals surface area (Å²) >= 11 is 7.21. The first kappa shape index (κ1) is 29.3. The monoisotopic (exact) mass is 316 g/mol. The Hall–Kier alpha value is 1.58. The predicted octanol–water partition coefficient (Wildman–Crippen LogP) is -0.355. The molecule has 6 N–H and O–H groups in total. The largest absolute Gasteiger partial charge is 0.325 e. The molecular weight excluding hydrogens is 302 g/mol. The van der Waals surface area contributed by atoms with E-state index in [2.05, 4.69) is 23.6 Å². The van der Waals surface area contributed by atoms with Crippen molar-refractivity contribution in [3.05, 3.63) is 0 Å². The van der Waals surface area contributed by atoms with E-state index in [9.17, 15) is 0 Å². The second-order valence-corrected chi connectivity index (χ2v) is 6.02. The molecule has 0 aromatic heterocycles. The van der Waals surface area contributed by atoms with Crippen molar-refractivity contribution in [2.75, 3.05) is 0 Å². The maximum Gasteiger partial charge on any atom is 0.319 e. The normalized spacial score (nSPS) is 9.08. The second kappa shape index (κ2) is 11.7. The van der Waals surface area contributed by atoms with E-state index in [4.69, 9.17) is 29.4 Å². The molecule has 0 spiro atoms. The molecule has 13 heavy (non-hydrogen) atoms. The van der Waals surface area contributed by atoms with Crippen LogP contribution in [0.4, 0.5) is 0 Å². The molecule has 0 rings (SSSR count). The number of rotatable bonds is 0. The van der Waals surface area contributed by atoms with Gasteiger partial charge in [-0.2, -0.15) is 0 Å².